The molecule has 2 aliphatic rings. The number of nitrogens with zero attached hydrogens (tertiary/aromatic N) is 4. The van der Waals surface area contributed by atoms with Crippen LogP contribution in [-0.4, -0.2) is 38.0 Å². The Kier molecular flexibility index (Phi) is 5.12. The van der Waals surface area contributed by atoms with Crippen molar-refractivity contribution >= 4 is 17.7 Å². The van der Waals surface area contributed by atoms with Crippen LogP contribution in [0.4, 0.5) is 0 Å². The maximum absolute atomic E-state index is 13.1. The van der Waals surface area contributed by atoms with E-state index in [-0.39, 0.29) is 11.4 Å². The predicted molar refractivity (Wildman–Crippen MR) is 107 cm³/mol. The molecule has 2 unspecified atom stereocenters. The summed E-state index contributed by atoms with van der Waals surface area (Å²) in [4.78, 5) is 15.2. The third kappa shape index (κ3) is 3.12. The average molecular weight is 386 g/mol. The van der Waals surface area contributed by atoms with E-state index in [2.05, 4.69) is 46.3 Å². The van der Waals surface area contributed by atoms with Gasteiger partial charge in [0, 0.05) is 18.9 Å². The number of hydrogen-bond donors (Lipinski definition) is 1. The van der Waals surface area contributed by atoms with Crippen LogP contribution in [0.5, 0.6) is 0 Å². The van der Waals surface area contributed by atoms with Crippen molar-refractivity contribution < 1.29 is 4.79 Å². The molecular weight excluding hydrogens is 358 g/mol. The van der Waals surface area contributed by atoms with Gasteiger partial charge in [-0.05, 0) is 24.8 Å². The first-order valence-electron chi connectivity index (χ1n) is 9.85. The summed E-state index contributed by atoms with van der Waals surface area (Å²) in [5.41, 5.74) is 1.17. The number of likely N-dealkylation sites (tertiary alicyclic amines) is 1. The van der Waals surface area contributed by atoms with E-state index < -0.39 is 0 Å². The van der Waals surface area contributed by atoms with E-state index in [9.17, 15) is 4.79 Å². The molecule has 6 nitrogen and oxygen atoms in total. The normalized spacial score (nSPS) is 24.3. The van der Waals surface area contributed by atoms with Crippen LogP contribution < -0.4 is 5.84 Å². The molecular formula is C20H27N5OS. The smallest absolute Gasteiger partial charge is 0.233 e. The lowest BCUT2D eigenvalue weighted by atomic mass is 9.61. The molecule has 2 heterocycles. The summed E-state index contributed by atoms with van der Waals surface area (Å²) in [5.74, 6) is 7.93. The van der Waals surface area contributed by atoms with Crippen molar-refractivity contribution in [1.82, 2.24) is 19.8 Å². The van der Waals surface area contributed by atoms with Crippen molar-refractivity contribution in [1.29, 1.82) is 0 Å². The van der Waals surface area contributed by atoms with E-state index in [0.29, 0.717) is 16.8 Å². The monoisotopic (exact) mass is 385 g/mol. The van der Waals surface area contributed by atoms with Gasteiger partial charge in [0.05, 0.1) is 11.3 Å². The molecule has 0 spiro atoms. The first-order valence-corrected chi connectivity index (χ1v) is 10.8. The number of hydrogen-bond acceptors (Lipinski definition) is 5. The molecule has 2 N–H and O–H groups in total. The maximum Gasteiger partial charge on any atom is 0.233 e. The van der Waals surface area contributed by atoms with E-state index in [1.807, 2.05) is 6.07 Å². The first-order chi connectivity index (χ1) is 13.2. The number of carbonyl (C=O) groups excluding carboxylic acids is 1. The fourth-order valence-corrected chi connectivity index (χ4v) is 5.44. The number of amides is 1. The number of rotatable bonds is 6. The number of aromatic nitrogens is 3. The highest BCUT2D eigenvalue weighted by atomic mass is 32.2. The van der Waals surface area contributed by atoms with Crippen molar-refractivity contribution in [2.24, 2.45) is 5.92 Å². The molecule has 7 heteroatoms. The van der Waals surface area contributed by atoms with Gasteiger partial charge < -0.3 is 10.7 Å². The second-order valence-electron chi connectivity index (χ2n) is 7.54. The molecule has 1 amide bonds. The van der Waals surface area contributed by atoms with Crippen LogP contribution >= 0.6 is 11.8 Å². The van der Waals surface area contributed by atoms with Gasteiger partial charge in [-0.25, -0.2) is 4.68 Å². The third-order valence-electron chi connectivity index (χ3n) is 6.03. The quantitative estimate of drug-likeness (QED) is 0.611. The van der Waals surface area contributed by atoms with Gasteiger partial charge in [0.1, 0.15) is 0 Å². The van der Waals surface area contributed by atoms with E-state index in [0.717, 1.165) is 31.6 Å². The van der Waals surface area contributed by atoms with E-state index in [1.165, 1.54) is 41.3 Å². The minimum absolute atomic E-state index is 0.110. The molecule has 2 fully saturated rings. The molecule has 1 saturated carbocycles. The molecule has 1 aromatic carbocycles. The van der Waals surface area contributed by atoms with Gasteiger partial charge >= 0.3 is 0 Å². The van der Waals surface area contributed by atoms with Gasteiger partial charge in [-0.2, -0.15) is 0 Å². The fraction of sp³-hybridized carbons (Fsp3) is 0.550. The van der Waals surface area contributed by atoms with Crippen LogP contribution in [0.3, 0.4) is 0 Å². The summed E-state index contributed by atoms with van der Waals surface area (Å²) in [7, 11) is 0. The predicted octanol–water partition coefficient (Wildman–Crippen LogP) is 2.96. The van der Waals surface area contributed by atoms with Crippen LogP contribution in [-0.2, 0) is 16.8 Å². The van der Waals surface area contributed by atoms with Crippen molar-refractivity contribution in [2.45, 2.75) is 56.1 Å². The number of thioether (sulfide) groups is 1. The average Bonchev–Trinajstić information content (AvgIpc) is 3.02. The number of nitrogen functional groups attached to an aromatic ring is 1. The van der Waals surface area contributed by atoms with Crippen LogP contribution in [0.25, 0.3) is 0 Å². The van der Waals surface area contributed by atoms with Crippen molar-refractivity contribution in [3.8, 4) is 0 Å². The Hall–Kier alpha value is -2.02. The van der Waals surface area contributed by atoms with Gasteiger partial charge in [-0.3, -0.25) is 4.79 Å². The lowest BCUT2D eigenvalue weighted by molar-refractivity contribution is -0.163. The lowest BCUT2D eigenvalue weighted by Crippen LogP contribution is -2.68. The first kappa shape index (κ1) is 18.3. The second-order valence-corrected chi connectivity index (χ2v) is 8.49. The Balaban J connectivity index is 1.48. The minimum Gasteiger partial charge on any atom is -0.336 e. The number of nitrogens with two attached hydrogens (primary N) is 1. The maximum atomic E-state index is 13.1. The highest BCUT2D eigenvalue weighted by Crippen LogP contribution is 2.53. The SMILES string of the molecule is CCCc1nnc(SCC(=O)N2CC3CCCCC32c2ccccc2)n1N. The number of aryl methyl sites for hydroxylation is 1. The van der Waals surface area contributed by atoms with Crippen LogP contribution in [0, 0.1) is 5.92 Å². The van der Waals surface area contributed by atoms with Crippen LogP contribution in [0.2, 0.25) is 0 Å². The van der Waals surface area contributed by atoms with Gasteiger partial charge in [-0.15, -0.1) is 10.2 Å². The van der Waals surface area contributed by atoms with E-state index in [4.69, 9.17) is 5.84 Å². The molecule has 1 aliphatic heterocycles. The van der Waals surface area contributed by atoms with E-state index >= 15 is 0 Å². The second kappa shape index (κ2) is 7.54. The fourth-order valence-electron chi connectivity index (χ4n) is 4.69. The highest BCUT2D eigenvalue weighted by Gasteiger charge is 2.56. The van der Waals surface area contributed by atoms with Gasteiger partial charge in [0.2, 0.25) is 11.1 Å². The molecule has 27 heavy (non-hydrogen) atoms. The Morgan fingerprint density at radius 3 is 2.85 bits per heavy atom. The van der Waals surface area contributed by atoms with Crippen molar-refractivity contribution in [3.05, 3.63) is 41.7 Å². The van der Waals surface area contributed by atoms with Crippen LogP contribution in [0.1, 0.15) is 50.4 Å². The zero-order chi connectivity index (χ0) is 18.9. The van der Waals surface area contributed by atoms with E-state index in [1.54, 1.807) is 0 Å². The number of carbonyl (C=O) groups is 1. The Labute approximate surface area is 164 Å². The topological polar surface area (TPSA) is 77.0 Å². The molecule has 1 aliphatic carbocycles. The molecule has 0 radical (unpaired) electrons. The lowest BCUT2D eigenvalue weighted by Gasteiger charge is -2.61. The Morgan fingerprint density at radius 1 is 1.30 bits per heavy atom. The third-order valence-corrected chi connectivity index (χ3v) is 6.96. The van der Waals surface area contributed by atoms with Gasteiger partial charge in [0.15, 0.2) is 5.82 Å². The van der Waals surface area contributed by atoms with Crippen molar-refractivity contribution in [2.75, 3.05) is 18.1 Å². The summed E-state index contributed by atoms with van der Waals surface area (Å²) >= 11 is 1.39. The summed E-state index contributed by atoms with van der Waals surface area (Å²) in [5, 5.41) is 8.89. The Bertz CT molecular complexity index is 808. The summed E-state index contributed by atoms with van der Waals surface area (Å²) in [6, 6.07) is 10.6. The molecule has 4 rings (SSSR count). The standard InChI is InChI=1S/C20H27N5OS/c1-2-8-17-22-23-19(25(17)21)27-14-18(26)24-13-16-11-6-7-12-20(16,24)15-9-4-3-5-10-15/h3-5,9-10,16H,2,6-8,11-14,21H2,1H3. The molecule has 1 aromatic heterocycles. The van der Waals surface area contributed by atoms with Crippen LogP contribution in [0.15, 0.2) is 35.5 Å². The summed E-state index contributed by atoms with van der Waals surface area (Å²) < 4.78 is 1.52. The number of fused-ring (bicyclic) bond motifs is 1. The Morgan fingerprint density at radius 2 is 2.11 bits per heavy atom. The van der Waals surface area contributed by atoms with Crippen molar-refractivity contribution in [3.63, 3.8) is 0 Å². The molecule has 1 saturated heterocycles. The molecule has 2 aromatic rings. The molecule has 0 bridgehead atoms. The highest BCUT2D eigenvalue weighted by molar-refractivity contribution is 7.99. The largest absolute Gasteiger partial charge is 0.336 e. The zero-order valence-corrected chi connectivity index (χ0v) is 16.6. The zero-order valence-electron chi connectivity index (χ0n) is 15.8. The van der Waals surface area contributed by atoms with Gasteiger partial charge in [-0.1, -0.05) is 61.9 Å². The van der Waals surface area contributed by atoms with Gasteiger partial charge in [0.25, 0.3) is 0 Å². The summed E-state index contributed by atoms with van der Waals surface area (Å²) in [6.45, 7) is 2.95. The minimum atomic E-state index is -0.110. The summed E-state index contributed by atoms with van der Waals surface area (Å²) in [6.07, 6.45) is 6.48. The molecule has 144 valence electrons. The number of benzene rings is 1. The molecule has 2 atom stereocenters.